The van der Waals surface area contributed by atoms with Gasteiger partial charge in [-0.05, 0) is 24.6 Å². The number of thiophene rings is 1. The summed E-state index contributed by atoms with van der Waals surface area (Å²) < 4.78 is 14.0. The third-order valence-electron chi connectivity index (χ3n) is 3.68. The second-order valence-electron chi connectivity index (χ2n) is 5.65. The van der Waals surface area contributed by atoms with Crippen LogP contribution in [0.4, 0.5) is 10.1 Å². The van der Waals surface area contributed by atoms with Crippen molar-refractivity contribution in [1.82, 2.24) is 4.98 Å². The van der Waals surface area contributed by atoms with E-state index in [0.717, 1.165) is 29.2 Å². The second kappa shape index (κ2) is 7.41. The number of benzene rings is 1. The molecule has 0 spiro atoms. The maximum Gasteiger partial charge on any atom is 0.252 e. The number of nitrogens with one attached hydrogen (secondary N) is 2. The molecule has 0 atom stereocenters. The number of fused-ring (bicyclic) bond motifs is 1. The zero-order valence-corrected chi connectivity index (χ0v) is 15.6. The highest BCUT2D eigenvalue weighted by molar-refractivity contribution is 8.02. The van der Waals surface area contributed by atoms with Crippen molar-refractivity contribution in [2.75, 3.05) is 11.1 Å². The molecule has 0 fully saturated rings. The van der Waals surface area contributed by atoms with Gasteiger partial charge in [0.05, 0.1) is 25.7 Å². The fourth-order valence-corrected chi connectivity index (χ4v) is 4.68. The van der Waals surface area contributed by atoms with E-state index in [-0.39, 0.29) is 22.6 Å². The number of carbonyl (C=O) groups is 2. The summed E-state index contributed by atoms with van der Waals surface area (Å²) in [5.41, 5.74) is 6.07. The van der Waals surface area contributed by atoms with Crippen molar-refractivity contribution < 1.29 is 19.1 Å². The number of aromatic nitrogens is 1. The number of carbonyl (C=O) groups excluding carboxylic acids is 2. The van der Waals surface area contributed by atoms with Crippen molar-refractivity contribution >= 4 is 50.8 Å². The number of rotatable bonds is 5. The van der Waals surface area contributed by atoms with E-state index < -0.39 is 23.2 Å². The first-order valence-corrected chi connectivity index (χ1v) is 9.44. The lowest BCUT2D eigenvalue weighted by Gasteiger charge is -2.08. The van der Waals surface area contributed by atoms with Crippen LogP contribution >= 0.6 is 23.1 Å². The van der Waals surface area contributed by atoms with Gasteiger partial charge >= 0.3 is 0 Å². The molecular formula is C17H14FN3O4S2. The molecule has 7 nitrogen and oxygen atoms in total. The number of thioether (sulfide) groups is 1. The number of aromatic hydroxyl groups is 1. The molecule has 0 bridgehead atoms. The Kier molecular flexibility index (Phi) is 5.19. The quantitative estimate of drug-likeness (QED) is 0.484. The van der Waals surface area contributed by atoms with E-state index in [4.69, 9.17) is 5.73 Å². The number of halogens is 1. The van der Waals surface area contributed by atoms with Crippen LogP contribution in [0, 0.1) is 12.7 Å². The minimum absolute atomic E-state index is 0.0442. The number of pyridine rings is 1. The van der Waals surface area contributed by atoms with Gasteiger partial charge in [-0.25, -0.2) is 4.39 Å². The standard InChI is InChI=1S/C17H14FN3O4S2/c1-7-2-3-8(18)4-9(7)20-12(24)6-26-17-13(16(19)25)14-15(27-17)10(22)5-11(23)21-14/h2-5H,6H2,1H3,(H2,19,25)(H,20,24)(H2,21,22,23). The lowest BCUT2D eigenvalue weighted by atomic mass is 10.2. The van der Waals surface area contributed by atoms with Crippen LogP contribution in [0.2, 0.25) is 0 Å². The van der Waals surface area contributed by atoms with Crippen LogP contribution < -0.4 is 16.6 Å². The SMILES string of the molecule is Cc1ccc(F)cc1NC(=O)CSc1sc2c(O)cc(=O)[nH]c2c1C(N)=O. The first-order valence-electron chi connectivity index (χ1n) is 7.63. The molecule has 0 radical (unpaired) electrons. The van der Waals surface area contributed by atoms with Crippen molar-refractivity contribution in [3.8, 4) is 5.75 Å². The number of anilines is 1. The van der Waals surface area contributed by atoms with Gasteiger partial charge in [-0.1, -0.05) is 6.07 Å². The maximum absolute atomic E-state index is 13.3. The van der Waals surface area contributed by atoms with E-state index in [2.05, 4.69) is 10.3 Å². The van der Waals surface area contributed by atoms with Gasteiger partial charge in [-0.15, -0.1) is 23.1 Å². The van der Waals surface area contributed by atoms with Gasteiger partial charge in [-0.3, -0.25) is 14.4 Å². The van der Waals surface area contributed by atoms with Crippen LogP contribution in [0.15, 0.2) is 33.3 Å². The van der Waals surface area contributed by atoms with E-state index in [1.165, 1.54) is 12.1 Å². The third-order valence-corrected chi connectivity index (χ3v) is 6.16. The number of hydrogen-bond acceptors (Lipinski definition) is 6. The molecule has 0 saturated heterocycles. The monoisotopic (exact) mass is 407 g/mol. The maximum atomic E-state index is 13.3. The molecule has 3 rings (SSSR count). The molecular weight excluding hydrogens is 393 g/mol. The zero-order chi connectivity index (χ0) is 19.7. The summed E-state index contributed by atoms with van der Waals surface area (Å²) in [6.07, 6.45) is 0. The van der Waals surface area contributed by atoms with Crippen LogP contribution in [0.1, 0.15) is 15.9 Å². The summed E-state index contributed by atoms with van der Waals surface area (Å²) in [5.74, 6) is -2.00. The van der Waals surface area contributed by atoms with E-state index in [1.807, 2.05) is 0 Å². The molecule has 5 N–H and O–H groups in total. The van der Waals surface area contributed by atoms with Gasteiger partial charge in [0, 0.05) is 11.8 Å². The molecule has 140 valence electrons. The normalized spacial score (nSPS) is 10.9. The van der Waals surface area contributed by atoms with E-state index in [0.29, 0.717) is 20.2 Å². The fraction of sp³-hybridized carbons (Fsp3) is 0.118. The molecule has 0 aliphatic rings. The molecule has 2 aromatic heterocycles. The van der Waals surface area contributed by atoms with Crippen LogP contribution in [0.5, 0.6) is 5.75 Å². The predicted octanol–water partition coefficient (Wildman–Crippen LogP) is 2.57. The molecule has 0 aliphatic heterocycles. The third kappa shape index (κ3) is 3.96. The molecule has 2 heterocycles. The smallest absolute Gasteiger partial charge is 0.252 e. The summed E-state index contributed by atoms with van der Waals surface area (Å²) >= 11 is 2.08. The Labute approximate surface area is 160 Å². The van der Waals surface area contributed by atoms with Crippen LogP contribution in [0.25, 0.3) is 10.2 Å². The van der Waals surface area contributed by atoms with Crippen LogP contribution in [-0.4, -0.2) is 27.7 Å². The Morgan fingerprint density at radius 1 is 1.37 bits per heavy atom. The summed E-state index contributed by atoms with van der Waals surface area (Å²) in [6, 6.07) is 5.06. The number of primary amides is 1. The molecule has 2 amide bonds. The number of hydrogen-bond donors (Lipinski definition) is 4. The largest absolute Gasteiger partial charge is 0.506 e. The Morgan fingerprint density at radius 2 is 2.11 bits per heavy atom. The molecule has 10 heteroatoms. The van der Waals surface area contributed by atoms with E-state index in [1.54, 1.807) is 13.0 Å². The average molecular weight is 407 g/mol. The van der Waals surface area contributed by atoms with E-state index >= 15 is 0 Å². The van der Waals surface area contributed by atoms with Gasteiger partial charge in [0.15, 0.2) is 0 Å². The highest BCUT2D eigenvalue weighted by atomic mass is 32.2. The van der Waals surface area contributed by atoms with Crippen molar-refractivity contribution in [2.45, 2.75) is 11.1 Å². The minimum atomic E-state index is -0.786. The first kappa shape index (κ1) is 18.9. The van der Waals surface area contributed by atoms with Crippen molar-refractivity contribution in [3.63, 3.8) is 0 Å². The summed E-state index contributed by atoms with van der Waals surface area (Å²) in [7, 11) is 0. The van der Waals surface area contributed by atoms with Crippen LogP contribution in [0.3, 0.4) is 0 Å². The van der Waals surface area contributed by atoms with Gasteiger partial charge in [0.2, 0.25) is 5.91 Å². The number of aromatic amines is 1. The molecule has 0 aliphatic carbocycles. The zero-order valence-electron chi connectivity index (χ0n) is 14.0. The highest BCUT2D eigenvalue weighted by Gasteiger charge is 2.21. The Balaban J connectivity index is 1.84. The summed E-state index contributed by atoms with van der Waals surface area (Å²) in [6.45, 7) is 1.73. The number of H-pyrrole nitrogens is 1. The van der Waals surface area contributed by atoms with Gasteiger partial charge in [0.25, 0.3) is 11.5 Å². The predicted molar refractivity (Wildman–Crippen MR) is 103 cm³/mol. The van der Waals surface area contributed by atoms with Crippen molar-refractivity contribution in [3.05, 3.63) is 51.6 Å². The van der Waals surface area contributed by atoms with Gasteiger partial charge in [-0.2, -0.15) is 0 Å². The summed E-state index contributed by atoms with van der Waals surface area (Å²) in [4.78, 5) is 38.0. The second-order valence-corrected chi connectivity index (χ2v) is 7.91. The molecule has 3 aromatic rings. The molecule has 0 saturated carbocycles. The Morgan fingerprint density at radius 3 is 2.81 bits per heavy atom. The van der Waals surface area contributed by atoms with Crippen LogP contribution in [-0.2, 0) is 4.79 Å². The molecule has 27 heavy (non-hydrogen) atoms. The number of aryl methyl sites for hydroxylation is 1. The first-order chi connectivity index (χ1) is 12.8. The van der Waals surface area contributed by atoms with Gasteiger partial charge in [0.1, 0.15) is 11.6 Å². The average Bonchev–Trinajstić information content (AvgIpc) is 2.95. The minimum Gasteiger partial charge on any atom is -0.506 e. The summed E-state index contributed by atoms with van der Waals surface area (Å²) in [5, 5.41) is 12.5. The van der Waals surface area contributed by atoms with E-state index in [9.17, 15) is 23.9 Å². The number of nitrogens with two attached hydrogens (primary N) is 1. The highest BCUT2D eigenvalue weighted by Crippen LogP contribution is 2.40. The molecule has 1 aromatic carbocycles. The Hall–Kier alpha value is -2.85. The lowest BCUT2D eigenvalue weighted by Crippen LogP contribution is -2.16. The number of amides is 2. The lowest BCUT2D eigenvalue weighted by molar-refractivity contribution is -0.113. The van der Waals surface area contributed by atoms with Crippen molar-refractivity contribution in [2.24, 2.45) is 5.73 Å². The fourth-order valence-electron chi connectivity index (χ4n) is 2.43. The van der Waals surface area contributed by atoms with Gasteiger partial charge < -0.3 is 21.1 Å². The van der Waals surface area contributed by atoms with Crippen molar-refractivity contribution in [1.29, 1.82) is 0 Å². The molecule has 0 unspecified atom stereocenters. The Bertz CT molecular complexity index is 1120. The topological polar surface area (TPSA) is 125 Å².